The number of carbonyl (C=O) groups excluding carboxylic acids is 5. The highest BCUT2D eigenvalue weighted by atomic mass is 16.8. The van der Waals surface area contributed by atoms with Crippen molar-refractivity contribution in [2.24, 2.45) is 50.2 Å². The second kappa shape index (κ2) is 46.1. The van der Waals surface area contributed by atoms with E-state index in [2.05, 4.69) is 46.0 Å². The van der Waals surface area contributed by atoms with Crippen molar-refractivity contribution in [3.05, 3.63) is 11.6 Å². The van der Waals surface area contributed by atoms with Crippen molar-refractivity contribution in [2.75, 3.05) is 66.1 Å². The highest BCUT2D eigenvalue weighted by Crippen LogP contribution is 2.76. The van der Waals surface area contributed by atoms with Crippen LogP contribution in [0.5, 0.6) is 0 Å². The number of nitrogens with one attached hydrogen (secondary N) is 1. The van der Waals surface area contributed by atoms with Crippen molar-refractivity contribution in [3.8, 4) is 0 Å². The highest BCUT2D eigenvalue weighted by Gasteiger charge is 2.74. The molecule has 13 fully saturated rings. The molecule has 14 rings (SSSR count). The van der Waals surface area contributed by atoms with Gasteiger partial charge in [0.05, 0.1) is 95.3 Å². The minimum atomic E-state index is -2.23. The molecular weight excluding hydrogens is 1850 g/mol. The average Bonchev–Trinajstić information content (AvgIpc) is 1.55. The minimum absolute atomic E-state index is 0.0114. The number of aliphatic hydroxyl groups excluding tert-OH is 21. The normalized spacial score (nSPS) is 49.7. The van der Waals surface area contributed by atoms with Gasteiger partial charge < -0.3 is 213 Å². The maximum atomic E-state index is 16.7. The Labute approximate surface area is 803 Å². The first kappa shape index (κ1) is 112. The summed E-state index contributed by atoms with van der Waals surface area (Å²) in [6.07, 6.45) is -52.2. The standard InChI is InChI=1S/C91H149NO44.CO2/c1-40-55(103)58(106)62(110)76(125-40)133-69-54(92-53(102)18-16-14-12-10-9-11-13-15-17-27-119-81-72(114)89(117,36-96)38-123-81)47(30-93)127-80(71(69)135-77-64(112)60(108)66(41(2)126-77)130-75-65(113)67(45(99)33-121-75)131-82-73(115)90(118,37-97)39-124-82)136-83(116)91-26-25-84(3,4)28-43(91)42-19-20-50-85(5)23-22-52(86(6,35-95)49(85)21-24-87(50,7)88(42,8)29-51(91)101)129-79-70(134-78-63(111)59(107)57(105)48(31-94)128-78)68(46(100)34-122-79)132-74-61(109)56(104)44(98)32-120-74;2-1-3/h19,35,40-41,43-52,54-82,93-94,96-101,103-115,117-118H,9-18,20-34,36-39H2,1-8H3,(H,92,102);/t40?,41?,43?,44-,45-,46-,47?,48?,49-,50?,51?,52+,54+,55+,56+,57+,58+,59+,60?,61?,62?,63?,64+,65-,66+,67?,68+,69?,70?,71-,72?,73?,74+,75+,76+,77+,78+,79+,80+,81-,82+,85?,86-,87+,88-,89-,90+,91-;/m1./s1. The van der Waals surface area contributed by atoms with Crippen LogP contribution in [0, 0.1) is 50.2 Å². The molecule has 0 aromatic heterocycles. The lowest BCUT2D eigenvalue weighted by atomic mass is 9.33. The molecule has 139 heavy (non-hydrogen) atoms. The van der Waals surface area contributed by atoms with Crippen molar-refractivity contribution in [1.29, 1.82) is 0 Å². The summed E-state index contributed by atoms with van der Waals surface area (Å²) in [6, 6.07) is -1.62. The molecule has 798 valence electrons. The lowest BCUT2D eigenvalue weighted by molar-refractivity contribution is -0.386. The average molecular weight is 2010 g/mol. The van der Waals surface area contributed by atoms with Crippen LogP contribution in [0.25, 0.3) is 0 Å². The van der Waals surface area contributed by atoms with Crippen LogP contribution < -0.4 is 5.32 Å². The van der Waals surface area contributed by atoms with E-state index in [4.69, 9.17) is 94.9 Å². The van der Waals surface area contributed by atoms with Crippen LogP contribution in [-0.2, 0) is 109 Å². The SMILES string of the molecule is CC1O[C@@H](O[C@@H]2C(O[C@@H]3OC(C)[C@H](O)[C@H](O)C3O)[C@@H](NC(=O)CCCCCCCCCCCO[C@@H]3OC[C@](O)(CO)C3O)C(CO)O[C@H]2OC(=O)[C@]23CCC(C)(C)CC2C2=CCC4C5(C)CC[C@H](O[C@@H]6OC[C@@H](O)[C@H](O[C@@H]7OC[C@@H](O)[C@H](O)C7O)C6O[C@@H]6OC(CO)[C@H](O)[C@H](O)C6O)[C@](C)(C=O)[C@@H]5CC[C@]4(C)[C@]2(C)CC3O)[C@@H](O)C(O)[C@H]1O[C@@H]1OC[C@@H](O)C(O[C@@H]2OC[C@@](O)(CO)C2O)[C@H]1O.O=C=O. The number of carbonyl (C=O) groups is 3. The molecule has 0 aromatic carbocycles. The van der Waals surface area contributed by atoms with Gasteiger partial charge >= 0.3 is 12.1 Å². The zero-order chi connectivity index (χ0) is 101. The van der Waals surface area contributed by atoms with E-state index in [1.807, 2.05) is 0 Å². The summed E-state index contributed by atoms with van der Waals surface area (Å²) in [5.41, 5.74) is -9.16. The van der Waals surface area contributed by atoms with Crippen molar-refractivity contribution in [2.45, 2.75) is 422 Å². The molecule has 48 atom stereocenters. The van der Waals surface area contributed by atoms with E-state index in [0.29, 0.717) is 57.8 Å². The predicted molar refractivity (Wildman–Crippen MR) is 459 cm³/mol. The molecule has 5 aliphatic carbocycles. The van der Waals surface area contributed by atoms with Crippen molar-refractivity contribution in [1.82, 2.24) is 5.32 Å². The summed E-state index contributed by atoms with van der Waals surface area (Å²) in [6.45, 7) is 9.39. The van der Waals surface area contributed by atoms with Gasteiger partial charge in [-0.15, -0.1) is 0 Å². The Morgan fingerprint density at radius 3 is 1.58 bits per heavy atom. The number of ether oxygens (including phenoxy) is 18. The molecule has 9 heterocycles. The largest absolute Gasteiger partial charge is 0.432 e. The van der Waals surface area contributed by atoms with Crippen molar-refractivity contribution < 1.29 is 227 Å². The summed E-state index contributed by atoms with van der Waals surface area (Å²) in [4.78, 5) is 62.1. The van der Waals surface area contributed by atoms with E-state index in [1.54, 1.807) is 6.92 Å². The number of hydrogen-bond acceptors (Lipinski definition) is 46. The minimum Gasteiger partial charge on any atom is -0.432 e. The van der Waals surface area contributed by atoms with E-state index < -0.39 is 354 Å². The molecule has 9 saturated heterocycles. The third kappa shape index (κ3) is 22.3. The van der Waals surface area contributed by atoms with Gasteiger partial charge in [-0.05, 0) is 124 Å². The van der Waals surface area contributed by atoms with Gasteiger partial charge in [0.2, 0.25) is 12.2 Å². The fourth-order valence-corrected chi connectivity index (χ4v) is 24.4. The van der Waals surface area contributed by atoms with Gasteiger partial charge in [0, 0.05) is 13.0 Å². The quantitative estimate of drug-likeness (QED) is 0.00922. The molecular formula is C92H149NO46. The van der Waals surface area contributed by atoms with Crippen LogP contribution >= 0.6 is 0 Å². The molecule has 17 unspecified atom stereocenters. The first-order chi connectivity index (χ1) is 65.7. The predicted octanol–water partition coefficient (Wildman–Crippen LogP) is -7.08. The van der Waals surface area contributed by atoms with Gasteiger partial charge in [-0.2, -0.15) is 9.59 Å². The van der Waals surface area contributed by atoms with Crippen molar-refractivity contribution >= 4 is 24.3 Å². The van der Waals surface area contributed by atoms with Gasteiger partial charge in [-0.1, -0.05) is 98.1 Å². The number of unbranched alkanes of at least 4 members (excludes halogenated alkanes) is 8. The number of esters is 1. The Bertz CT molecular complexity index is 4050. The molecule has 14 aliphatic rings. The van der Waals surface area contributed by atoms with Gasteiger partial charge in [-0.3, -0.25) is 9.59 Å². The molecule has 4 saturated carbocycles. The maximum absolute atomic E-state index is 16.7. The zero-order valence-corrected chi connectivity index (χ0v) is 79.5. The number of aliphatic hydroxyl groups is 23. The van der Waals surface area contributed by atoms with Crippen LogP contribution in [0.15, 0.2) is 11.6 Å². The molecule has 0 radical (unpaired) electrons. The second-order valence-corrected chi connectivity index (χ2v) is 42.5. The Hall–Kier alpha value is -3.87. The molecule has 47 nitrogen and oxygen atoms in total. The van der Waals surface area contributed by atoms with Gasteiger partial charge in [0.25, 0.3) is 0 Å². The molecule has 0 bridgehead atoms. The van der Waals surface area contributed by atoms with E-state index in [1.165, 1.54) is 13.8 Å². The summed E-state index contributed by atoms with van der Waals surface area (Å²) in [5.74, 6) is -3.16. The fraction of sp³-hybridized carbons (Fsp3) is 0.935. The topological polar surface area (TPSA) is 729 Å². The maximum Gasteiger partial charge on any atom is 0.373 e. The smallest absolute Gasteiger partial charge is 0.373 e. The number of hydrogen-bond donors (Lipinski definition) is 24. The Balaban J connectivity index is 0.00000536. The number of amides is 1. The summed E-state index contributed by atoms with van der Waals surface area (Å²) in [7, 11) is 0. The summed E-state index contributed by atoms with van der Waals surface area (Å²) in [5, 5.41) is 258. The summed E-state index contributed by atoms with van der Waals surface area (Å²) < 4.78 is 110. The molecule has 0 aromatic rings. The summed E-state index contributed by atoms with van der Waals surface area (Å²) >= 11 is 0. The van der Waals surface area contributed by atoms with E-state index in [-0.39, 0.29) is 51.0 Å². The first-order valence-corrected chi connectivity index (χ1v) is 48.7. The first-order valence-electron chi connectivity index (χ1n) is 48.7. The molecule has 9 aliphatic heterocycles. The van der Waals surface area contributed by atoms with Crippen LogP contribution in [0.1, 0.15) is 177 Å². The third-order valence-corrected chi connectivity index (χ3v) is 33.1. The second-order valence-electron chi connectivity index (χ2n) is 42.5. The fourth-order valence-electron chi connectivity index (χ4n) is 24.4. The Kier molecular flexibility index (Phi) is 37.2. The highest BCUT2D eigenvalue weighted by molar-refractivity contribution is 5.80. The van der Waals surface area contributed by atoms with Gasteiger partial charge in [-0.25, -0.2) is 0 Å². The number of rotatable bonds is 35. The molecule has 0 spiro atoms. The van der Waals surface area contributed by atoms with Gasteiger partial charge in [0.15, 0.2) is 56.4 Å². The Morgan fingerprint density at radius 1 is 0.468 bits per heavy atom. The Morgan fingerprint density at radius 2 is 0.971 bits per heavy atom. The van der Waals surface area contributed by atoms with Crippen LogP contribution in [0.2, 0.25) is 0 Å². The van der Waals surface area contributed by atoms with E-state index in [0.717, 1.165) is 50.4 Å². The molecule has 1 amide bonds. The molecule has 24 N–H and O–H groups in total. The third-order valence-electron chi connectivity index (χ3n) is 33.1. The lowest BCUT2D eigenvalue weighted by Crippen LogP contribution is -2.71. The molecule has 47 heteroatoms. The van der Waals surface area contributed by atoms with Gasteiger partial charge in [0.1, 0.15) is 163 Å². The number of fused-ring (bicyclic) bond motifs is 7. The van der Waals surface area contributed by atoms with Crippen LogP contribution in [-0.4, -0.2) is 453 Å². The monoisotopic (exact) mass is 2000 g/mol. The van der Waals surface area contributed by atoms with E-state index in [9.17, 15) is 127 Å². The number of allylic oxidation sites excluding steroid dienone is 2. The lowest BCUT2D eigenvalue weighted by Gasteiger charge is -2.71. The number of aldehydes is 1. The van der Waals surface area contributed by atoms with Crippen LogP contribution in [0.4, 0.5) is 0 Å². The van der Waals surface area contributed by atoms with E-state index >= 15 is 4.79 Å². The van der Waals surface area contributed by atoms with Crippen LogP contribution in [0.3, 0.4) is 0 Å². The van der Waals surface area contributed by atoms with Crippen molar-refractivity contribution in [3.63, 3.8) is 0 Å². The zero-order valence-electron chi connectivity index (χ0n) is 79.5.